The number of guanidine groups is 1. The van der Waals surface area contributed by atoms with Crippen LogP contribution >= 0.6 is 0 Å². The van der Waals surface area contributed by atoms with Crippen LogP contribution in [0, 0.1) is 0 Å². The number of aliphatic imine (C=N–C) groups is 1. The second kappa shape index (κ2) is 9.08. The van der Waals surface area contributed by atoms with Crippen molar-refractivity contribution in [3.63, 3.8) is 0 Å². The van der Waals surface area contributed by atoms with Gasteiger partial charge in [-0.2, -0.15) is 0 Å². The number of aromatic nitrogens is 2. The molecule has 0 atom stereocenters. The predicted molar refractivity (Wildman–Crippen MR) is 99.9 cm³/mol. The number of ether oxygens (including phenoxy) is 1. The summed E-state index contributed by atoms with van der Waals surface area (Å²) in [6, 6.07) is 8.15. The van der Waals surface area contributed by atoms with Crippen LogP contribution < -0.4 is 15.5 Å². The summed E-state index contributed by atoms with van der Waals surface area (Å²) in [5.41, 5.74) is 1.16. The summed E-state index contributed by atoms with van der Waals surface area (Å²) >= 11 is 0. The second-order valence-electron chi connectivity index (χ2n) is 5.86. The smallest absolute Gasteiger partial charge is 0.191 e. The molecule has 3 rings (SSSR count). The summed E-state index contributed by atoms with van der Waals surface area (Å²) in [6.45, 7) is 5.68. The third kappa shape index (κ3) is 4.96. The fraction of sp³-hybridized carbons (Fsp3) is 0.444. The van der Waals surface area contributed by atoms with Gasteiger partial charge in [0, 0.05) is 63.9 Å². The van der Waals surface area contributed by atoms with E-state index in [0.717, 1.165) is 56.7 Å². The molecule has 25 heavy (non-hydrogen) atoms. The van der Waals surface area contributed by atoms with Crippen molar-refractivity contribution in [2.24, 2.45) is 4.99 Å². The Morgan fingerprint density at radius 3 is 2.76 bits per heavy atom. The molecule has 134 valence electrons. The summed E-state index contributed by atoms with van der Waals surface area (Å²) in [6.07, 6.45) is 5.96. The van der Waals surface area contributed by atoms with Gasteiger partial charge in [-0.1, -0.05) is 6.07 Å². The van der Waals surface area contributed by atoms with Gasteiger partial charge >= 0.3 is 0 Å². The number of hydrogen-bond donors (Lipinski definition) is 2. The lowest BCUT2D eigenvalue weighted by molar-refractivity contribution is 0.122. The molecule has 0 saturated carbocycles. The minimum atomic E-state index is 0.684. The number of nitrogens with zero attached hydrogens (tertiary/aromatic N) is 4. The molecule has 1 saturated heterocycles. The first-order valence-electron chi connectivity index (χ1n) is 8.68. The Morgan fingerprint density at radius 2 is 2.00 bits per heavy atom. The van der Waals surface area contributed by atoms with Crippen LogP contribution in [0.2, 0.25) is 0 Å². The molecule has 7 nitrogen and oxygen atoms in total. The number of morpholine rings is 1. The summed E-state index contributed by atoms with van der Waals surface area (Å²) in [4.78, 5) is 11.1. The Bertz CT molecular complexity index is 664. The van der Waals surface area contributed by atoms with E-state index in [1.807, 2.05) is 24.4 Å². The Morgan fingerprint density at radius 1 is 1.20 bits per heavy atom. The number of hydrogen-bond acceptors (Lipinski definition) is 4. The topological polar surface area (TPSA) is 66.7 Å². The summed E-state index contributed by atoms with van der Waals surface area (Å²) in [5, 5.41) is 6.72. The maximum atomic E-state index is 5.44. The van der Waals surface area contributed by atoms with Crippen LogP contribution in [-0.4, -0.2) is 55.4 Å². The molecule has 1 fully saturated rings. The third-order valence-corrected chi connectivity index (χ3v) is 4.18. The lowest BCUT2D eigenvalue weighted by Crippen LogP contribution is -2.40. The molecule has 0 spiro atoms. The van der Waals surface area contributed by atoms with Crippen LogP contribution in [0.1, 0.15) is 5.56 Å². The Labute approximate surface area is 148 Å². The number of pyridine rings is 1. The quantitative estimate of drug-likeness (QED) is 0.608. The molecule has 0 amide bonds. The van der Waals surface area contributed by atoms with E-state index < -0.39 is 0 Å². The van der Waals surface area contributed by atoms with Gasteiger partial charge in [-0.25, -0.2) is 4.98 Å². The van der Waals surface area contributed by atoms with Crippen molar-refractivity contribution < 1.29 is 4.74 Å². The molecule has 0 radical (unpaired) electrons. The van der Waals surface area contributed by atoms with Crippen molar-refractivity contribution in [2.75, 3.05) is 44.8 Å². The van der Waals surface area contributed by atoms with Crippen molar-refractivity contribution in [1.29, 1.82) is 0 Å². The molecular formula is C18H26N6O. The molecule has 0 aromatic carbocycles. The highest BCUT2D eigenvalue weighted by molar-refractivity contribution is 5.79. The highest BCUT2D eigenvalue weighted by Crippen LogP contribution is 2.18. The molecule has 2 N–H and O–H groups in total. The molecule has 0 unspecified atom stereocenters. The van der Waals surface area contributed by atoms with Gasteiger partial charge in [-0.05, 0) is 18.2 Å². The van der Waals surface area contributed by atoms with Gasteiger partial charge in [-0.3, -0.25) is 4.99 Å². The van der Waals surface area contributed by atoms with Gasteiger partial charge in [0.15, 0.2) is 5.96 Å². The average molecular weight is 342 g/mol. The van der Waals surface area contributed by atoms with Crippen molar-refractivity contribution in [2.45, 2.75) is 13.1 Å². The zero-order chi connectivity index (χ0) is 17.3. The van der Waals surface area contributed by atoms with Gasteiger partial charge in [0.1, 0.15) is 5.82 Å². The summed E-state index contributed by atoms with van der Waals surface area (Å²) in [7, 11) is 1.79. The molecule has 2 aromatic heterocycles. The molecule has 7 heteroatoms. The summed E-state index contributed by atoms with van der Waals surface area (Å²) in [5.74, 6) is 1.82. The average Bonchev–Trinajstić information content (AvgIpc) is 3.19. The largest absolute Gasteiger partial charge is 0.378 e. The molecule has 0 aliphatic carbocycles. The van der Waals surface area contributed by atoms with Gasteiger partial charge in [-0.15, -0.1) is 0 Å². The van der Waals surface area contributed by atoms with Crippen molar-refractivity contribution >= 4 is 11.8 Å². The van der Waals surface area contributed by atoms with E-state index in [1.54, 1.807) is 7.05 Å². The first-order valence-corrected chi connectivity index (χ1v) is 8.68. The number of rotatable bonds is 6. The lowest BCUT2D eigenvalue weighted by atomic mass is 10.2. The molecule has 1 aliphatic rings. The maximum absolute atomic E-state index is 5.44. The highest BCUT2D eigenvalue weighted by Gasteiger charge is 2.15. The van der Waals surface area contributed by atoms with Gasteiger partial charge in [0.05, 0.1) is 13.2 Å². The highest BCUT2D eigenvalue weighted by atomic mass is 16.5. The molecule has 1 aliphatic heterocycles. The number of anilines is 1. The van der Waals surface area contributed by atoms with Crippen LogP contribution in [-0.2, 0) is 17.8 Å². The minimum Gasteiger partial charge on any atom is -0.378 e. The number of nitrogens with one attached hydrogen (secondary N) is 2. The van der Waals surface area contributed by atoms with Crippen LogP contribution in [0.15, 0.2) is 47.8 Å². The van der Waals surface area contributed by atoms with E-state index in [2.05, 4.69) is 48.5 Å². The molecular weight excluding hydrogens is 316 g/mol. The van der Waals surface area contributed by atoms with Crippen LogP contribution in [0.5, 0.6) is 0 Å². The fourth-order valence-electron chi connectivity index (χ4n) is 2.85. The third-order valence-electron chi connectivity index (χ3n) is 4.18. The molecule has 3 heterocycles. The standard InChI is InChI=1S/C18H26N6O/c1-19-18(21-7-10-23-8-2-3-9-23)22-15-16-5-4-6-20-17(16)24-11-13-25-14-12-24/h2-6,8-9H,7,10-15H2,1H3,(H2,19,21,22). The lowest BCUT2D eigenvalue weighted by Gasteiger charge is -2.29. The first-order chi connectivity index (χ1) is 12.4. The normalized spacial score (nSPS) is 15.2. The minimum absolute atomic E-state index is 0.684. The zero-order valence-corrected chi connectivity index (χ0v) is 14.7. The monoisotopic (exact) mass is 342 g/mol. The SMILES string of the molecule is CN=C(NCCn1cccc1)NCc1cccnc1N1CCOCC1. The van der Waals surface area contributed by atoms with Gasteiger partial charge < -0.3 is 24.8 Å². The van der Waals surface area contributed by atoms with Crippen LogP contribution in [0.3, 0.4) is 0 Å². The molecule has 0 bridgehead atoms. The van der Waals surface area contributed by atoms with E-state index in [4.69, 9.17) is 4.74 Å². The van der Waals surface area contributed by atoms with Gasteiger partial charge in [0.2, 0.25) is 0 Å². The maximum Gasteiger partial charge on any atom is 0.191 e. The van der Waals surface area contributed by atoms with Crippen LogP contribution in [0.4, 0.5) is 5.82 Å². The molecule has 2 aromatic rings. The van der Waals surface area contributed by atoms with E-state index in [1.165, 1.54) is 0 Å². The van der Waals surface area contributed by atoms with Crippen molar-refractivity contribution in [3.05, 3.63) is 48.4 Å². The Balaban J connectivity index is 1.52. The van der Waals surface area contributed by atoms with Crippen molar-refractivity contribution in [3.8, 4) is 0 Å². The predicted octanol–water partition coefficient (Wildman–Crippen LogP) is 1.08. The first kappa shape index (κ1) is 17.3. The zero-order valence-electron chi connectivity index (χ0n) is 14.7. The Kier molecular flexibility index (Phi) is 6.28. The van der Waals surface area contributed by atoms with Crippen molar-refractivity contribution in [1.82, 2.24) is 20.2 Å². The second-order valence-corrected chi connectivity index (χ2v) is 5.86. The fourth-order valence-corrected chi connectivity index (χ4v) is 2.85. The van der Waals surface area contributed by atoms with E-state index >= 15 is 0 Å². The summed E-state index contributed by atoms with van der Waals surface area (Å²) < 4.78 is 7.57. The van der Waals surface area contributed by atoms with Crippen LogP contribution in [0.25, 0.3) is 0 Å². The van der Waals surface area contributed by atoms with Gasteiger partial charge in [0.25, 0.3) is 0 Å². The van der Waals surface area contributed by atoms with E-state index in [0.29, 0.717) is 6.54 Å². The Hall–Kier alpha value is -2.54. The van der Waals surface area contributed by atoms with E-state index in [9.17, 15) is 0 Å². The van der Waals surface area contributed by atoms with E-state index in [-0.39, 0.29) is 0 Å².